The predicted molar refractivity (Wildman–Crippen MR) is 120 cm³/mol. The van der Waals surface area contributed by atoms with Crippen LogP contribution in [-0.4, -0.2) is 54.2 Å². The third-order valence-corrected chi connectivity index (χ3v) is 6.01. The third kappa shape index (κ3) is 6.51. The summed E-state index contributed by atoms with van der Waals surface area (Å²) < 4.78 is 5.47. The van der Waals surface area contributed by atoms with Gasteiger partial charge in [0.25, 0.3) is 5.69 Å². The molecule has 2 aromatic rings. The fourth-order valence-electron chi connectivity index (χ4n) is 3.23. The second-order valence-corrected chi connectivity index (χ2v) is 8.82. The molecular weight excluding hydrogens is 402 g/mol. The number of morpholine rings is 1. The normalized spacial score (nSPS) is 15.7. The molecule has 0 bridgehead atoms. The van der Waals surface area contributed by atoms with E-state index in [-0.39, 0.29) is 11.2 Å². The van der Waals surface area contributed by atoms with Gasteiger partial charge >= 0.3 is 0 Å². The topological polar surface area (TPSA) is 92.0 Å². The largest absolute Gasteiger partial charge is 0.379 e. The van der Waals surface area contributed by atoms with E-state index in [4.69, 9.17) is 9.73 Å². The highest BCUT2D eigenvalue weighted by Gasteiger charge is 2.28. The molecule has 1 saturated heterocycles. The van der Waals surface area contributed by atoms with E-state index in [9.17, 15) is 10.1 Å². The lowest BCUT2D eigenvalue weighted by atomic mass is 10.0. The smallest absolute Gasteiger partial charge is 0.269 e. The molecule has 3 rings (SSSR count). The van der Waals surface area contributed by atoms with Crippen LogP contribution < -0.4 is 10.6 Å². The van der Waals surface area contributed by atoms with Crippen molar-refractivity contribution in [3.05, 3.63) is 62.3 Å². The third-order valence-electron chi connectivity index (χ3n) is 5.13. The van der Waals surface area contributed by atoms with E-state index in [1.165, 1.54) is 17.0 Å². The number of thiophene rings is 1. The molecule has 1 aromatic carbocycles. The summed E-state index contributed by atoms with van der Waals surface area (Å²) in [7, 11) is 0. The summed E-state index contributed by atoms with van der Waals surface area (Å²) in [6, 6.07) is 10.6. The molecule has 9 heteroatoms. The van der Waals surface area contributed by atoms with Gasteiger partial charge < -0.3 is 15.4 Å². The molecule has 162 valence electrons. The van der Waals surface area contributed by atoms with E-state index in [2.05, 4.69) is 40.8 Å². The van der Waals surface area contributed by atoms with Crippen LogP contribution in [0.5, 0.6) is 0 Å². The molecule has 2 heterocycles. The highest BCUT2D eigenvalue weighted by Crippen LogP contribution is 2.16. The van der Waals surface area contributed by atoms with Crippen molar-refractivity contribution in [2.24, 2.45) is 4.99 Å². The molecule has 8 nitrogen and oxygen atoms in total. The van der Waals surface area contributed by atoms with Crippen LogP contribution in [0.3, 0.4) is 0 Å². The fraction of sp³-hybridized carbons (Fsp3) is 0.476. The lowest BCUT2D eigenvalue weighted by Crippen LogP contribution is -2.56. The summed E-state index contributed by atoms with van der Waals surface area (Å²) in [6.07, 6.45) is 0. The van der Waals surface area contributed by atoms with Gasteiger partial charge in [0.1, 0.15) is 0 Å². The maximum absolute atomic E-state index is 10.8. The van der Waals surface area contributed by atoms with Crippen LogP contribution in [0.2, 0.25) is 0 Å². The summed E-state index contributed by atoms with van der Waals surface area (Å²) in [4.78, 5) is 18.8. The molecule has 0 unspecified atom stereocenters. The summed E-state index contributed by atoms with van der Waals surface area (Å²) in [5, 5.41) is 19.8. The van der Waals surface area contributed by atoms with Gasteiger partial charge in [-0.15, -0.1) is 11.3 Å². The van der Waals surface area contributed by atoms with E-state index < -0.39 is 4.92 Å². The Balaban J connectivity index is 1.64. The van der Waals surface area contributed by atoms with Crippen molar-refractivity contribution in [2.75, 3.05) is 32.8 Å². The number of nitrogens with one attached hydrogen (secondary N) is 2. The van der Waals surface area contributed by atoms with Crippen LogP contribution in [0.4, 0.5) is 5.69 Å². The molecule has 0 saturated carbocycles. The van der Waals surface area contributed by atoms with Crippen molar-refractivity contribution in [1.82, 2.24) is 15.5 Å². The summed E-state index contributed by atoms with van der Waals surface area (Å²) >= 11 is 1.70. The van der Waals surface area contributed by atoms with Gasteiger partial charge in [0.15, 0.2) is 5.96 Å². The maximum atomic E-state index is 10.8. The molecular formula is C21H29N5O3S. The average Bonchev–Trinajstić information content (AvgIpc) is 3.28. The first kappa shape index (κ1) is 22.2. The number of nitrogens with zero attached hydrogens (tertiary/aromatic N) is 3. The maximum Gasteiger partial charge on any atom is 0.269 e. The van der Waals surface area contributed by atoms with Gasteiger partial charge in [-0.05, 0) is 30.9 Å². The van der Waals surface area contributed by atoms with Crippen molar-refractivity contribution >= 4 is 23.0 Å². The first-order chi connectivity index (χ1) is 14.4. The predicted octanol–water partition coefficient (Wildman–Crippen LogP) is 3.00. The molecule has 0 spiro atoms. The lowest BCUT2D eigenvalue weighted by Gasteiger charge is -2.41. The van der Waals surface area contributed by atoms with Gasteiger partial charge in [0.2, 0.25) is 0 Å². The minimum Gasteiger partial charge on any atom is -0.379 e. The van der Waals surface area contributed by atoms with E-state index in [0.29, 0.717) is 13.1 Å². The first-order valence-electron chi connectivity index (χ1n) is 10.0. The van der Waals surface area contributed by atoms with E-state index in [0.717, 1.165) is 44.4 Å². The van der Waals surface area contributed by atoms with E-state index >= 15 is 0 Å². The van der Waals surface area contributed by atoms with E-state index in [1.54, 1.807) is 23.5 Å². The second-order valence-electron chi connectivity index (χ2n) is 7.79. The number of guanidine groups is 1. The molecule has 0 radical (unpaired) electrons. The Morgan fingerprint density at radius 2 is 1.97 bits per heavy atom. The Morgan fingerprint density at radius 3 is 2.60 bits per heavy atom. The monoisotopic (exact) mass is 431 g/mol. The number of nitro groups is 1. The number of ether oxygens (including phenoxy) is 1. The van der Waals surface area contributed by atoms with Crippen LogP contribution in [-0.2, 0) is 17.8 Å². The van der Waals surface area contributed by atoms with E-state index in [1.807, 2.05) is 6.07 Å². The Bertz CT molecular complexity index is 831. The number of non-ortho nitro benzene ring substituents is 1. The van der Waals surface area contributed by atoms with Gasteiger partial charge in [0.05, 0.1) is 31.2 Å². The van der Waals surface area contributed by atoms with Gasteiger partial charge in [0, 0.05) is 42.2 Å². The number of aliphatic imine (C=N–C) groups is 1. The highest BCUT2D eigenvalue weighted by atomic mass is 32.1. The first-order valence-corrected chi connectivity index (χ1v) is 10.9. The minimum atomic E-state index is -0.393. The standard InChI is InChI=1S/C21H29N5O3S/c1-21(2,25-9-11-29-12-10-25)16-24-20(23-15-19-4-3-13-30-19)22-14-17-5-7-18(8-6-17)26(27)28/h3-8,13H,9-12,14-16H2,1-2H3,(H2,22,23,24). The quantitative estimate of drug-likeness (QED) is 0.289. The number of hydrogen-bond donors (Lipinski definition) is 2. The Labute approximate surface area is 181 Å². The Kier molecular flexibility index (Phi) is 7.78. The second kappa shape index (κ2) is 10.5. The molecule has 1 aromatic heterocycles. The molecule has 2 N–H and O–H groups in total. The van der Waals surface area contributed by atoms with Crippen LogP contribution in [0, 0.1) is 10.1 Å². The molecule has 0 amide bonds. The number of hydrogen-bond acceptors (Lipinski definition) is 6. The highest BCUT2D eigenvalue weighted by molar-refractivity contribution is 7.09. The van der Waals surface area contributed by atoms with Gasteiger partial charge in [-0.2, -0.15) is 0 Å². The zero-order valence-corrected chi connectivity index (χ0v) is 18.3. The van der Waals surface area contributed by atoms with Crippen LogP contribution >= 0.6 is 11.3 Å². The van der Waals surface area contributed by atoms with Crippen LogP contribution in [0.25, 0.3) is 0 Å². The van der Waals surface area contributed by atoms with Crippen molar-refractivity contribution in [3.8, 4) is 0 Å². The number of rotatable bonds is 8. The molecule has 1 aliphatic heterocycles. The number of nitro benzene ring substituents is 1. The zero-order valence-electron chi connectivity index (χ0n) is 17.5. The van der Waals surface area contributed by atoms with Crippen molar-refractivity contribution < 1.29 is 9.66 Å². The minimum absolute atomic E-state index is 0.0392. The van der Waals surface area contributed by atoms with Crippen LogP contribution in [0.15, 0.2) is 46.8 Å². The van der Waals surface area contributed by atoms with Crippen LogP contribution in [0.1, 0.15) is 24.3 Å². The Hall–Kier alpha value is -2.49. The molecule has 30 heavy (non-hydrogen) atoms. The van der Waals surface area contributed by atoms with Crippen molar-refractivity contribution in [1.29, 1.82) is 0 Å². The van der Waals surface area contributed by atoms with Gasteiger partial charge in [-0.25, -0.2) is 4.99 Å². The molecule has 0 aliphatic carbocycles. The SMILES string of the molecule is CC(C)(CNC(=NCc1ccc([N+](=O)[O-])cc1)NCc1cccs1)N1CCOCC1. The van der Waals surface area contributed by atoms with Gasteiger partial charge in [-0.1, -0.05) is 18.2 Å². The Morgan fingerprint density at radius 1 is 1.23 bits per heavy atom. The fourth-order valence-corrected chi connectivity index (χ4v) is 3.88. The summed E-state index contributed by atoms with van der Waals surface area (Å²) in [5.74, 6) is 0.725. The molecule has 0 atom stereocenters. The summed E-state index contributed by atoms with van der Waals surface area (Å²) in [5.41, 5.74) is 0.970. The zero-order chi connectivity index (χ0) is 21.4. The number of benzene rings is 1. The lowest BCUT2D eigenvalue weighted by molar-refractivity contribution is -0.384. The average molecular weight is 432 g/mol. The summed E-state index contributed by atoms with van der Waals surface area (Å²) in [6.45, 7) is 9.69. The molecule has 1 aliphatic rings. The van der Waals surface area contributed by atoms with Gasteiger partial charge in [-0.3, -0.25) is 15.0 Å². The van der Waals surface area contributed by atoms with Crippen molar-refractivity contribution in [3.63, 3.8) is 0 Å². The molecule has 1 fully saturated rings. The van der Waals surface area contributed by atoms with Crippen molar-refractivity contribution in [2.45, 2.75) is 32.5 Å².